The normalized spacial score (nSPS) is 10.8. The summed E-state index contributed by atoms with van der Waals surface area (Å²) < 4.78 is 2.09. The third kappa shape index (κ3) is 3.01. The van der Waals surface area contributed by atoms with Crippen molar-refractivity contribution in [3.05, 3.63) is 96.2 Å². The maximum absolute atomic E-state index is 4.85. The van der Waals surface area contributed by atoms with Crippen molar-refractivity contribution >= 4 is 16.6 Å². The lowest BCUT2D eigenvalue weighted by molar-refractivity contribution is 0.697. The summed E-state index contributed by atoms with van der Waals surface area (Å²) >= 11 is 0. The van der Waals surface area contributed by atoms with E-state index in [0.29, 0.717) is 6.54 Å². The van der Waals surface area contributed by atoms with E-state index < -0.39 is 0 Å². The molecule has 0 radical (unpaired) electrons. The standard InChI is InChI=1S/C21H19N3/c1-3-9-17(10-4-1)16-24-21-14-8-7-13-19(21)20(23-24)15-22-18-11-5-2-6-12-18/h1-14,22H,15-16H2. The first kappa shape index (κ1) is 14.5. The Bertz CT molecular complexity index is 927. The van der Waals surface area contributed by atoms with Gasteiger partial charge in [0.2, 0.25) is 0 Å². The Morgan fingerprint density at radius 1 is 0.750 bits per heavy atom. The molecule has 3 heteroatoms. The first-order chi connectivity index (χ1) is 11.9. The molecule has 3 aromatic carbocycles. The van der Waals surface area contributed by atoms with Gasteiger partial charge in [-0.2, -0.15) is 5.10 Å². The van der Waals surface area contributed by atoms with Gasteiger partial charge in [0.15, 0.2) is 0 Å². The van der Waals surface area contributed by atoms with Gasteiger partial charge in [-0.25, -0.2) is 0 Å². The number of nitrogens with zero attached hydrogens (tertiary/aromatic N) is 2. The Kier molecular flexibility index (Phi) is 3.98. The minimum atomic E-state index is 0.715. The molecule has 0 aliphatic carbocycles. The van der Waals surface area contributed by atoms with Gasteiger partial charge in [-0.1, -0.05) is 66.7 Å². The zero-order valence-corrected chi connectivity index (χ0v) is 13.4. The minimum Gasteiger partial charge on any atom is -0.379 e. The molecule has 118 valence electrons. The highest BCUT2D eigenvalue weighted by Gasteiger charge is 2.10. The molecule has 0 unspecified atom stereocenters. The van der Waals surface area contributed by atoms with Crippen LogP contribution in [0.15, 0.2) is 84.9 Å². The number of fused-ring (bicyclic) bond motifs is 1. The fraction of sp³-hybridized carbons (Fsp3) is 0.0952. The molecule has 4 rings (SSSR count). The number of nitrogens with one attached hydrogen (secondary N) is 1. The van der Waals surface area contributed by atoms with Gasteiger partial charge in [-0.05, 0) is 23.8 Å². The summed E-state index contributed by atoms with van der Waals surface area (Å²) in [7, 11) is 0. The predicted molar refractivity (Wildman–Crippen MR) is 99.0 cm³/mol. The molecule has 4 aromatic rings. The van der Waals surface area contributed by atoms with E-state index in [1.54, 1.807) is 0 Å². The Morgan fingerprint density at radius 3 is 2.21 bits per heavy atom. The SMILES string of the molecule is c1ccc(Cn2nc(CNc3ccccc3)c3ccccc32)cc1. The summed E-state index contributed by atoms with van der Waals surface area (Å²) in [5.74, 6) is 0. The van der Waals surface area contributed by atoms with Crippen molar-refractivity contribution in [2.45, 2.75) is 13.1 Å². The summed E-state index contributed by atoms with van der Waals surface area (Å²) in [5, 5.41) is 9.51. The van der Waals surface area contributed by atoms with Crippen LogP contribution in [0.5, 0.6) is 0 Å². The third-order valence-corrected chi connectivity index (χ3v) is 4.14. The fourth-order valence-corrected chi connectivity index (χ4v) is 2.95. The van der Waals surface area contributed by atoms with E-state index in [1.807, 2.05) is 24.3 Å². The molecule has 0 aliphatic rings. The zero-order chi connectivity index (χ0) is 16.2. The molecule has 1 N–H and O–H groups in total. The van der Waals surface area contributed by atoms with Crippen LogP contribution in [-0.2, 0) is 13.1 Å². The lowest BCUT2D eigenvalue weighted by Gasteiger charge is -2.04. The Labute approximate surface area is 141 Å². The van der Waals surface area contributed by atoms with E-state index in [9.17, 15) is 0 Å². The Balaban J connectivity index is 1.64. The molecule has 0 saturated carbocycles. The van der Waals surface area contributed by atoms with Gasteiger partial charge >= 0.3 is 0 Å². The summed E-state index contributed by atoms with van der Waals surface area (Å²) in [6, 6.07) is 29.1. The molecular formula is C21H19N3. The lowest BCUT2D eigenvalue weighted by Crippen LogP contribution is -2.04. The van der Waals surface area contributed by atoms with E-state index >= 15 is 0 Å². The topological polar surface area (TPSA) is 29.9 Å². The van der Waals surface area contributed by atoms with Gasteiger partial charge < -0.3 is 5.32 Å². The molecule has 3 nitrogen and oxygen atoms in total. The van der Waals surface area contributed by atoms with Crippen molar-refractivity contribution in [2.24, 2.45) is 0 Å². The number of para-hydroxylation sites is 2. The highest BCUT2D eigenvalue weighted by Crippen LogP contribution is 2.20. The first-order valence-corrected chi connectivity index (χ1v) is 8.17. The van der Waals surface area contributed by atoms with Crippen LogP contribution in [0.4, 0.5) is 5.69 Å². The molecule has 0 aliphatic heterocycles. The van der Waals surface area contributed by atoms with Crippen LogP contribution in [-0.4, -0.2) is 9.78 Å². The average molecular weight is 313 g/mol. The monoisotopic (exact) mass is 313 g/mol. The highest BCUT2D eigenvalue weighted by molar-refractivity contribution is 5.82. The van der Waals surface area contributed by atoms with Crippen molar-refractivity contribution in [3.8, 4) is 0 Å². The second kappa shape index (κ2) is 6.59. The van der Waals surface area contributed by atoms with Gasteiger partial charge in [0.05, 0.1) is 24.3 Å². The first-order valence-electron chi connectivity index (χ1n) is 8.17. The van der Waals surface area contributed by atoms with Crippen LogP contribution in [0.3, 0.4) is 0 Å². The maximum atomic E-state index is 4.85. The zero-order valence-electron chi connectivity index (χ0n) is 13.4. The molecule has 0 atom stereocenters. The van der Waals surface area contributed by atoms with Crippen molar-refractivity contribution in [1.82, 2.24) is 9.78 Å². The van der Waals surface area contributed by atoms with Crippen LogP contribution >= 0.6 is 0 Å². The Morgan fingerprint density at radius 2 is 1.42 bits per heavy atom. The van der Waals surface area contributed by atoms with E-state index in [0.717, 1.165) is 17.9 Å². The van der Waals surface area contributed by atoms with E-state index in [2.05, 4.69) is 70.7 Å². The quantitative estimate of drug-likeness (QED) is 0.579. The smallest absolute Gasteiger partial charge is 0.0894 e. The molecule has 0 fully saturated rings. The molecule has 0 bridgehead atoms. The van der Waals surface area contributed by atoms with Crippen molar-refractivity contribution in [1.29, 1.82) is 0 Å². The summed E-state index contributed by atoms with van der Waals surface area (Å²) in [6.07, 6.45) is 0. The van der Waals surface area contributed by atoms with Crippen molar-refractivity contribution < 1.29 is 0 Å². The number of rotatable bonds is 5. The largest absolute Gasteiger partial charge is 0.379 e. The van der Waals surface area contributed by atoms with Gasteiger partial charge in [-0.3, -0.25) is 4.68 Å². The minimum absolute atomic E-state index is 0.715. The van der Waals surface area contributed by atoms with Gasteiger partial charge in [-0.15, -0.1) is 0 Å². The van der Waals surface area contributed by atoms with Gasteiger partial charge in [0.1, 0.15) is 0 Å². The highest BCUT2D eigenvalue weighted by atomic mass is 15.3. The second-order valence-corrected chi connectivity index (χ2v) is 5.83. The van der Waals surface area contributed by atoms with E-state index in [4.69, 9.17) is 5.10 Å². The summed E-state index contributed by atoms with van der Waals surface area (Å²) in [5.41, 5.74) is 4.61. The van der Waals surface area contributed by atoms with Crippen LogP contribution in [0.2, 0.25) is 0 Å². The van der Waals surface area contributed by atoms with Crippen LogP contribution in [0.25, 0.3) is 10.9 Å². The summed E-state index contributed by atoms with van der Waals surface area (Å²) in [4.78, 5) is 0. The molecule has 1 aromatic heterocycles. The van der Waals surface area contributed by atoms with Crippen LogP contribution in [0.1, 0.15) is 11.3 Å². The molecule has 24 heavy (non-hydrogen) atoms. The lowest BCUT2D eigenvalue weighted by atomic mass is 10.2. The number of benzene rings is 3. The third-order valence-electron chi connectivity index (χ3n) is 4.14. The molecule has 1 heterocycles. The Hall–Kier alpha value is -3.07. The second-order valence-electron chi connectivity index (χ2n) is 5.83. The molecule has 0 spiro atoms. The molecule has 0 amide bonds. The van der Waals surface area contributed by atoms with Gasteiger partial charge in [0, 0.05) is 11.1 Å². The van der Waals surface area contributed by atoms with E-state index in [1.165, 1.54) is 16.5 Å². The van der Waals surface area contributed by atoms with E-state index in [-0.39, 0.29) is 0 Å². The molecular weight excluding hydrogens is 294 g/mol. The predicted octanol–water partition coefficient (Wildman–Crippen LogP) is 4.70. The number of hydrogen-bond donors (Lipinski definition) is 1. The number of anilines is 1. The number of aromatic nitrogens is 2. The average Bonchev–Trinajstić information content (AvgIpc) is 3.00. The molecule has 0 saturated heterocycles. The maximum Gasteiger partial charge on any atom is 0.0894 e. The fourth-order valence-electron chi connectivity index (χ4n) is 2.95. The summed E-state index contributed by atoms with van der Waals surface area (Å²) in [6.45, 7) is 1.50. The van der Waals surface area contributed by atoms with Crippen LogP contribution in [0, 0.1) is 0 Å². The van der Waals surface area contributed by atoms with Crippen LogP contribution < -0.4 is 5.32 Å². The van der Waals surface area contributed by atoms with Crippen molar-refractivity contribution in [3.63, 3.8) is 0 Å². The van der Waals surface area contributed by atoms with Crippen molar-refractivity contribution in [2.75, 3.05) is 5.32 Å². The van der Waals surface area contributed by atoms with Gasteiger partial charge in [0.25, 0.3) is 0 Å². The number of hydrogen-bond acceptors (Lipinski definition) is 2.